The van der Waals surface area contributed by atoms with E-state index in [4.69, 9.17) is 9.57 Å². The molecule has 0 unspecified atom stereocenters. The molecule has 1 aromatic heterocycles. The van der Waals surface area contributed by atoms with Crippen molar-refractivity contribution in [2.75, 3.05) is 6.54 Å². The Morgan fingerprint density at radius 2 is 1.79 bits per heavy atom. The fourth-order valence-corrected chi connectivity index (χ4v) is 3.43. The first-order chi connectivity index (χ1) is 14.0. The van der Waals surface area contributed by atoms with E-state index in [0.717, 1.165) is 10.4 Å². The average Bonchev–Trinajstić information content (AvgIpc) is 3.35. The number of hydrogen-bond acceptors (Lipinski definition) is 8. The number of nitrogens with one attached hydrogen (secondary N) is 1. The van der Waals surface area contributed by atoms with Crippen molar-refractivity contribution in [1.29, 1.82) is 0 Å². The topological polar surface area (TPSA) is 102 Å². The van der Waals surface area contributed by atoms with Gasteiger partial charge in [0.1, 0.15) is 12.6 Å². The van der Waals surface area contributed by atoms with E-state index in [1.165, 1.54) is 11.3 Å². The molecule has 0 aliphatic carbocycles. The van der Waals surface area contributed by atoms with Crippen LogP contribution in [0.3, 0.4) is 0 Å². The summed E-state index contributed by atoms with van der Waals surface area (Å²) in [7, 11) is 0. The molecule has 1 aliphatic heterocycles. The Kier molecular flexibility index (Phi) is 7.09. The number of rotatable bonds is 9. The summed E-state index contributed by atoms with van der Waals surface area (Å²) in [6, 6.07) is 12.0. The predicted molar refractivity (Wildman–Crippen MR) is 103 cm³/mol. The summed E-state index contributed by atoms with van der Waals surface area (Å²) in [5, 5.41) is 5.17. The van der Waals surface area contributed by atoms with Gasteiger partial charge in [0.2, 0.25) is 0 Å². The highest BCUT2D eigenvalue weighted by molar-refractivity contribution is 7.09. The minimum Gasteiger partial charge on any atom is -0.460 e. The van der Waals surface area contributed by atoms with Crippen molar-refractivity contribution in [3.63, 3.8) is 0 Å². The van der Waals surface area contributed by atoms with Crippen LogP contribution in [0, 0.1) is 0 Å². The van der Waals surface area contributed by atoms with Gasteiger partial charge in [0.05, 0.1) is 6.54 Å². The van der Waals surface area contributed by atoms with E-state index in [1.54, 1.807) is 0 Å². The summed E-state index contributed by atoms with van der Waals surface area (Å²) in [5.74, 6) is -2.45. The number of esters is 1. The fraction of sp³-hybridized carbons (Fsp3) is 0.300. The van der Waals surface area contributed by atoms with Crippen molar-refractivity contribution >= 4 is 35.1 Å². The summed E-state index contributed by atoms with van der Waals surface area (Å²) in [4.78, 5) is 53.8. The summed E-state index contributed by atoms with van der Waals surface area (Å²) in [6.45, 7) is -0.0992. The van der Waals surface area contributed by atoms with E-state index < -0.39 is 29.8 Å². The lowest BCUT2D eigenvalue weighted by molar-refractivity contribution is -0.199. The van der Waals surface area contributed by atoms with Gasteiger partial charge in [-0.25, -0.2) is 4.79 Å². The molecule has 2 aromatic rings. The molecule has 1 saturated heterocycles. The highest BCUT2D eigenvalue weighted by Gasteiger charge is 2.35. The van der Waals surface area contributed by atoms with Crippen LogP contribution in [-0.2, 0) is 41.8 Å². The lowest BCUT2D eigenvalue weighted by Crippen LogP contribution is -2.46. The Labute approximate surface area is 171 Å². The van der Waals surface area contributed by atoms with Gasteiger partial charge in [-0.1, -0.05) is 36.4 Å². The van der Waals surface area contributed by atoms with Crippen molar-refractivity contribution in [1.82, 2.24) is 10.4 Å². The zero-order valence-corrected chi connectivity index (χ0v) is 16.4. The summed E-state index contributed by atoms with van der Waals surface area (Å²) in [6.07, 6.45) is 0.278. The van der Waals surface area contributed by atoms with Gasteiger partial charge in [-0.2, -0.15) is 0 Å². The van der Waals surface area contributed by atoms with E-state index in [-0.39, 0.29) is 32.4 Å². The number of hydrogen-bond donors (Lipinski definition) is 1. The Balaban J connectivity index is 1.56. The van der Waals surface area contributed by atoms with Gasteiger partial charge in [0, 0.05) is 24.1 Å². The first kappa shape index (κ1) is 20.7. The van der Waals surface area contributed by atoms with E-state index in [9.17, 15) is 19.2 Å². The van der Waals surface area contributed by atoms with Crippen molar-refractivity contribution in [3.8, 4) is 0 Å². The molecule has 3 rings (SSSR count). The highest BCUT2D eigenvalue weighted by atomic mass is 32.1. The van der Waals surface area contributed by atoms with Crippen LogP contribution in [0.4, 0.5) is 0 Å². The molecule has 2 amide bonds. The number of thiophene rings is 1. The molecule has 0 saturated carbocycles. The first-order valence-electron chi connectivity index (χ1n) is 9.06. The van der Waals surface area contributed by atoms with E-state index >= 15 is 0 Å². The van der Waals surface area contributed by atoms with Crippen molar-refractivity contribution < 1.29 is 28.8 Å². The number of amides is 2. The zero-order valence-electron chi connectivity index (χ0n) is 15.5. The molecule has 1 aliphatic rings. The molecule has 0 bridgehead atoms. The summed E-state index contributed by atoms with van der Waals surface area (Å²) >= 11 is 1.44. The standard InChI is InChI=1S/C20H20N2O6S/c23-17-8-9-18(24)22(17)28-20(26)16(11-15-7-4-10-29-15)21-12-19(25)27-13-14-5-2-1-3-6-14/h1-7,10,16,21H,8-9,11-13H2/t16-/m0/s1. The molecule has 9 heteroatoms. The number of imide groups is 1. The van der Waals surface area contributed by atoms with Gasteiger partial charge in [0.15, 0.2) is 0 Å². The van der Waals surface area contributed by atoms with Gasteiger partial charge >= 0.3 is 11.9 Å². The van der Waals surface area contributed by atoms with Gasteiger partial charge < -0.3 is 9.57 Å². The third-order valence-electron chi connectivity index (χ3n) is 4.19. The number of hydroxylamine groups is 2. The molecule has 1 N–H and O–H groups in total. The van der Waals surface area contributed by atoms with Gasteiger partial charge in [-0.3, -0.25) is 19.7 Å². The molecule has 152 valence electrons. The second-order valence-corrected chi connectivity index (χ2v) is 7.39. The van der Waals surface area contributed by atoms with Crippen LogP contribution in [0.25, 0.3) is 0 Å². The van der Waals surface area contributed by atoms with E-state index in [1.807, 2.05) is 47.8 Å². The smallest absolute Gasteiger partial charge is 0.350 e. The maximum Gasteiger partial charge on any atom is 0.350 e. The van der Waals surface area contributed by atoms with Crippen molar-refractivity contribution in [2.24, 2.45) is 0 Å². The van der Waals surface area contributed by atoms with Gasteiger partial charge in [0.25, 0.3) is 11.8 Å². The molecule has 2 heterocycles. The number of nitrogens with zero attached hydrogens (tertiary/aromatic N) is 1. The summed E-state index contributed by atoms with van der Waals surface area (Å²) in [5.41, 5.74) is 0.849. The van der Waals surface area contributed by atoms with E-state index in [2.05, 4.69) is 5.32 Å². The maximum absolute atomic E-state index is 12.5. The van der Waals surface area contributed by atoms with Crippen molar-refractivity contribution in [2.45, 2.75) is 31.9 Å². The van der Waals surface area contributed by atoms with Crippen LogP contribution in [0.1, 0.15) is 23.3 Å². The second kappa shape index (κ2) is 9.94. The third kappa shape index (κ3) is 5.97. The Hall–Kier alpha value is -3.04. The Morgan fingerprint density at radius 1 is 1.07 bits per heavy atom. The molecule has 29 heavy (non-hydrogen) atoms. The SMILES string of the molecule is O=C(CN[C@@H](Cc1cccs1)C(=O)ON1C(=O)CCC1=O)OCc1ccccc1. The zero-order chi connectivity index (χ0) is 20.6. The minimum atomic E-state index is -0.917. The number of carbonyl (C=O) groups is 4. The largest absolute Gasteiger partial charge is 0.460 e. The predicted octanol–water partition coefficient (Wildman–Crippen LogP) is 1.60. The second-order valence-electron chi connectivity index (χ2n) is 6.36. The van der Waals surface area contributed by atoms with Gasteiger partial charge in [-0.05, 0) is 17.0 Å². The van der Waals surface area contributed by atoms with Crippen LogP contribution in [-0.4, -0.2) is 41.4 Å². The maximum atomic E-state index is 12.5. The van der Waals surface area contributed by atoms with Crippen LogP contribution >= 0.6 is 11.3 Å². The van der Waals surface area contributed by atoms with E-state index in [0.29, 0.717) is 5.06 Å². The molecular weight excluding hydrogens is 396 g/mol. The molecule has 8 nitrogen and oxygen atoms in total. The molecule has 1 aromatic carbocycles. The summed E-state index contributed by atoms with van der Waals surface area (Å²) < 4.78 is 5.19. The van der Waals surface area contributed by atoms with Crippen LogP contribution < -0.4 is 5.32 Å². The van der Waals surface area contributed by atoms with Crippen LogP contribution in [0.2, 0.25) is 0 Å². The molecular formula is C20H20N2O6S. The van der Waals surface area contributed by atoms with Crippen LogP contribution in [0.5, 0.6) is 0 Å². The average molecular weight is 416 g/mol. The van der Waals surface area contributed by atoms with Crippen LogP contribution in [0.15, 0.2) is 47.8 Å². The lowest BCUT2D eigenvalue weighted by atomic mass is 10.2. The molecule has 1 fully saturated rings. The number of benzene rings is 1. The normalized spacial score (nSPS) is 14.7. The minimum absolute atomic E-state index is 0.0148. The number of ether oxygens (including phenoxy) is 1. The third-order valence-corrected chi connectivity index (χ3v) is 5.09. The molecule has 1 atom stereocenters. The monoisotopic (exact) mass is 416 g/mol. The molecule has 0 radical (unpaired) electrons. The highest BCUT2D eigenvalue weighted by Crippen LogP contribution is 2.15. The Bertz CT molecular complexity index is 852. The molecule has 0 spiro atoms. The van der Waals surface area contributed by atoms with Crippen molar-refractivity contribution in [3.05, 3.63) is 58.3 Å². The Morgan fingerprint density at radius 3 is 2.45 bits per heavy atom. The fourth-order valence-electron chi connectivity index (χ4n) is 2.68. The van der Waals surface area contributed by atoms with Gasteiger partial charge in [-0.15, -0.1) is 16.4 Å². The number of carbonyl (C=O) groups excluding carboxylic acids is 4. The first-order valence-corrected chi connectivity index (χ1v) is 9.94. The quantitative estimate of drug-likeness (QED) is 0.489. The lowest BCUT2D eigenvalue weighted by Gasteiger charge is -2.19.